The monoisotopic (exact) mass is 995 g/mol. The van der Waals surface area contributed by atoms with Gasteiger partial charge in [-0.25, -0.2) is 29.9 Å². The van der Waals surface area contributed by atoms with Crippen LogP contribution in [0.2, 0.25) is 20.1 Å². The second-order valence-electron chi connectivity index (χ2n) is 15.1. The van der Waals surface area contributed by atoms with E-state index in [2.05, 4.69) is 98.5 Å². The van der Waals surface area contributed by atoms with Gasteiger partial charge in [-0.15, -0.1) is 0 Å². The van der Waals surface area contributed by atoms with Crippen LogP contribution in [0.3, 0.4) is 0 Å². The number of allylic oxidation sites excluding steroid dienone is 1. The molecule has 3 N–H and O–H groups in total. The Morgan fingerprint density at radius 1 is 0.727 bits per heavy atom. The topological polar surface area (TPSA) is 173 Å². The molecule has 20 heteroatoms. The number of anilines is 4. The van der Waals surface area contributed by atoms with Crippen LogP contribution in [0.5, 0.6) is 11.8 Å². The van der Waals surface area contributed by atoms with E-state index in [1.165, 1.54) is 18.7 Å². The highest BCUT2D eigenvalue weighted by Crippen LogP contribution is 2.31. The molecule has 8 rings (SSSR count). The quantitative estimate of drug-likeness (QED) is 0.0737. The lowest BCUT2D eigenvalue weighted by Crippen LogP contribution is -2.55. The number of hydrogen-bond donors (Lipinski definition) is 3. The maximum Gasteiger partial charge on any atom is 0.246 e. The van der Waals surface area contributed by atoms with Crippen molar-refractivity contribution < 1.29 is 19.1 Å². The Morgan fingerprint density at radius 3 is 1.53 bits per heavy atom. The van der Waals surface area contributed by atoms with Gasteiger partial charge in [-0.1, -0.05) is 66.5 Å². The van der Waals surface area contributed by atoms with E-state index in [1.807, 2.05) is 24.3 Å². The smallest absolute Gasteiger partial charge is 0.246 e. The van der Waals surface area contributed by atoms with E-state index < -0.39 is 5.24 Å². The van der Waals surface area contributed by atoms with E-state index in [0.717, 1.165) is 42.6 Å². The summed E-state index contributed by atoms with van der Waals surface area (Å²) < 4.78 is 11.7. The fraction of sp³-hybridized carbons (Fsp3) is 0.304. The minimum Gasteiger partial charge on any atom is -0.472 e. The molecule has 15 nitrogen and oxygen atoms in total. The van der Waals surface area contributed by atoms with Crippen LogP contribution < -0.4 is 25.4 Å². The Kier molecular flexibility index (Phi) is 19.5. The third-order valence-electron chi connectivity index (χ3n) is 9.78. The maximum absolute atomic E-state index is 11.5. The summed E-state index contributed by atoms with van der Waals surface area (Å²) in [5.41, 5.74) is 4.08. The predicted octanol–water partition coefficient (Wildman–Crippen LogP) is 10.3. The molecule has 2 aromatic carbocycles. The van der Waals surface area contributed by atoms with Crippen molar-refractivity contribution in [1.29, 1.82) is 0 Å². The van der Waals surface area contributed by atoms with Gasteiger partial charge in [0.15, 0.2) is 11.6 Å². The van der Waals surface area contributed by atoms with Gasteiger partial charge in [-0.2, -0.15) is 0 Å². The molecule has 0 spiro atoms. The van der Waals surface area contributed by atoms with Gasteiger partial charge < -0.3 is 30.3 Å². The molecule has 6 heterocycles. The van der Waals surface area contributed by atoms with E-state index in [1.54, 1.807) is 41.3 Å². The van der Waals surface area contributed by atoms with Gasteiger partial charge in [0.05, 0.1) is 44.2 Å². The van der Waals surface area contributed by atoms with Gasteiger partial charge in [0.2, 0.25) is 22.9 Å². The molecule has 0 aliphatic carbocycles. The highest BCUT2D eigenvalue weighted by molar-refractivity contribution is 6.66. The van der Waals surface area contributed by atoms with Crippen LogP contribution in [0.25, 0.3) is 22.1 Å². The molecule has 66 heavy (non-hydrogen) atoms. The second kappa shape index (κ2) is 24.9. The van der Waals surface area contributed by atoms with Crippen LogP contribution in [-0.2, 0) is 9.59 Å². The number of amides is 1. The fourth-order valence-electron chi connectivity index (χ4n) is 6.42. The Labute approximate surface area is 408 Å². The van der Waals surface area contributed by atoms with Gasteiger partial charge in [0.1, 0.15) is 35.9 Å². The fourth-order valence-corrected chi connectivity index (χ4v) is 7.01. The SMILES string of the molecule is C=CC(=O)Cl.C=CC(=O)N1CC(Oc2ccc3ncnc(Nc4ccc(Cl)c(Cl)c4)c3n2)C1.CCN(C(C)C)C(C)C.Clc1ccc(Nc2ncnc3ccc(OC4CNC4)nc23)cc1Cl. The number of nitrogens with zero attached hydrogens (tertiary/aromatic N) is 8. The zero-order valence-electron chi connectivity index (χ0n) is 36.9. The normalized spacial score (nSPS) is 13.3. The summed E-state index contributed by atoms with van der Waals surface area (Å²) in [5.74, 6) is 1.99. The number of ether oxygens (including phenoxy) is 2. The summed E-state index contributed by atoms with van der Waals surface area (Å²) in [5, 5.41) is 10.9. The van der Waals surface area contributed by atoms with Gasteiger partial charge in [0, 0.05) is 48.7 Å². The average Bonchev–Trinajstić information content (AvgIpc) is 3.26. The number of halogens is 5. The van der Waals surface area contributed by atoms with Crippen molar-refractivity contribution in [2.45, 2.75) is 58.9 Å². The summed E-state index contributed by atoms with van der Waals surface area (Å²) in [6.07, 6.45) is 5.33. The predicted molar refractivity (Wildman–Crippen MR) is 266 cm³/mol. The summed E-state index contributed by atoms with van der Waals surface area (Å²) in [6, 6.07) is 19.1. The first-order chi connectivity index (χ1) is 31.6. The van der Waals surface area contributed by atoms with Gasteiger partial charge in [-0.05, 0) is 107 Å². The van der Waals surface area contributed by atoms with Crippen molar-refractivity contribution in [3.05, 3.63) is 119 Å². The largest absolute Gasteiger partial charge is 0.472 e. The van der Waals surface area contributed by atoms with Crippen molar-refractivity contribution in [3.63, 3.8) is 0 Å². The van der Waals surface area contributed by atoms with Crippen LogP contribution >= 0.6 is 58.0 Å². The number of pyridine rings is 2. The van der Waals surface area contributed by atoms with E-state index in [-0.39, 0.29) is 18.1 Å². The summed E-state index contributed by atoms with van der Waals surface area (Å²) in [6.45, 7) is 21.6. The zero-order chi connectivity index (χ0) is 47.9. The van der Waals surface area contributed by atoms with E-state index in [4.69, 9.17) is 67.5 Å². The molecule has 0 unspecified atom stereocenters. The molecule has 0 atom stereocenters. The standard InChI is InChI=1S/C19H15Cl2N5O2.C16H13Cl2N5O.C8H19N.C3H3ClO/c1-2-17(27)26-8-12(9-26)28-16-6-5-15-18(25-16)19(23-10-22-15)24-11-3-4-13(20)14(21)7-11;17-11-2-1-9(5-12(11)18)22-16-15-13(20-8-21-16)3-4-14(23-15)24-10-6-19-7-10;1-6-9(7(2)3)8(4)5;1-2-3(4)5/h2-7,10,12H,1,8-9H2,(H,22,23,24);1-5,8,10,19H,6-7H2,(H,20,21,22);7-8H,6H2,1-5H3;2H,1H2. The molecule has 2 fully saturated rings. The Morgan fingerprint density at radius 2 is 1.18 bits per heavy atom. The second-order valence-corrected chi connectivity index (χ2v) is 17.1. The van der Waals surface area contributed by atoms with Crippen LogP contribution in [0.4, 0.5) is 23.0 Å². The highest BCUT2D eigenvalue weighted by atomic mass is 35.5. The van der Waals surface area contributed by atoms with Crippen LogP contribution in [-0.4, -0.2) is 108 Å². The highest BCUT2D eigenvalue weighted by Gasteiger charge is 2.31. The molecule has 0 bridgehead atoms. The first-order valence-corrected chi connectivity index (χ1v) is 22.7. The van der Waals surface area contributed by atoms with Gasteiger partial charge >= 0.3 is 0 Å². The number of carbonyl (C=O) groups excluding carboxylic acids is 2. The first kappa shape index (κ1) is 51.6. The number of rotatable bonds is 13. The first-order valence-electron chi connectivity index (χ1n) is 20.8. The summed E-state index contributed by atoms with van der Waals surface area (Å²) in [4.78, 5) is 51.2. The van der Waals surface area contributed by atoms with Crippen molar-refractivity contribution in [2.75, 3.05) is 43.4 Å². The average molecular weight is 998 g/mol. The number of benzene rings is 2. The minimum absolute atomic E-state index is 0.104. The molecule has 2 aliphatic rings. The zero-order valence-corrected chi connectivity index (χ0v) is 40.7. The molecule has 0 saturated carbocycles. The number of fused-ring (bicyclic) bond motifs is 2. The van der Waals surface area contributed by atoms with E-state index in [0.29, 0.717) is 85.2 Å². The molecule has 0 radical (unpaired) electrons. The molecule has 4 aromatic heterocycles. The Balaban J connectivity index is 0.000000194. The number of carbonyl (C=O) groups is 2. The van der Waals surface area contributed by atoms with Crippen molar-refractivity contribution in [3.8, 4) is 11.8 Å². The molecule has 2 aliphatic heterocycles. The van der Waals surface area contributed by atoms with Crippen LogP contribution in [0, 0.1) is 0 Å². The molecule has 1 amide bonds. The third-order valence-corrected chi connectivity index (χ3v) is 11.4. The Bertz CT molecular complexity index is 2620. The molecular formula is C46H50Cl5N11O4. The molecule has 6 aromatic rings. The lowest BCUT2D eigenvalue weighted by Gasteiger charge is -2.37. The number of hydrogen-bond acceptors (Lipinski definition) is 14. The van der Waals surface area contributed by atoms with E-state index >= 15 is 0 Å². The van der Waals surface area contributed by atoms with Crippen molar-refractivity contribution in [1.82, 2.24) is 45.0 Å². The van der Waals surface area contributed by atoms with Crippen molar-refractivity contribution in [2.24, 2.45) is 0 Å². The van der Waals surface area contributed by atoms with Gasteiger partial charge in [0.25, 0.3) is 0 Å². The number of nitrogens with one attached hydrogen (secondary N) is 3. The molecular weight excluding hydrogens is 948 g/mol. The van der Waals surface area contributed by atoms with Crippen molar-refractivity contribution >= 4 is 114 Å². The lowest BCUT2D eigenvalue weighted by molar-refractivity contribution is -0.134. The summed E-state index contributed by atoms with van der Waals surface area (Å²) in [7, 11) is 0. The van der Waals surface area contributed by atoms with Crippen LogP contribution in [0.1, 0.15) is 34.6 Å². The van der Waals surface area contributed by atoms with Crippen LogP contribution in [0.15, 0.2) is 98.6 Å². The molecule has 348 valence electrons. The lowest BCUT2D eigenvalue weighted by atomic mass is 10.1. The van der Waals surface area contributed by atoms with E-state index in [9.17, 15) is 9.59 Å². The molecule has 2 saturated heterocycles. The number of aromatic nitrogens is 6. The number of likely N-dealkylation sites (tertiary alicyclic amines) is 1. The Hall–Kier alpha value is -5.39. The summed E-state index contributed by atoms with van der Waals surface area (Å²) >= 11 is 28.7. The maximum atomic E-state index is 11.5. The van der Waals surface area contributed by atoms with Gasteiger partial charge in [-0.3, -0.25) is 14.5 Å². The minimum atomic E-state index is -0.509. The third kappa shape index (κ3) is 14.8.